The van der Waals surface area contributed by atoms with Crippen LogP contribution in [0.3, 0.4) is 0 Å². The Morgan fingerprint density at radius 1 is 1.38 bits per heavy atom. The number of thioether (sulfide) groups is 1. The summed E-state index contributed by atoms with van der Waals surface area (Å²) in [6.07, 6.45) is 2.64. The van der Waals surface area contributed by atoms with E-state index in [4.69, 9.17) is 0 Å². The number of aryl methyl sites for hydroxylation is 1. The molecule has 0 atom stereocenters. The van der Waals surface area contributed by atoms with E-state index in [9.17, 15) is 13.7 Å². The van der Waals surface area contributed by atoms with Gasteiger partial charge in [-0.2, -0.15) is 13.7 Å². The Kier molecular flexibility index (Phi) is 4.50. The topological polar surface area (TPSA) is 79.5 Å². The van der Waals surface area contributed by atoms with E-state index in [0.29, 0.717) is 16.2 Å². The van der Waals surface area contributed by atoms with Gasteiger partial charge in [0.25, 0.3) is 0 Å². The lowest BCUT2D eigenvalue weighted by molar-refractivity contribution is 0.345. The predicted octanol–water partition coefficient (Wildman–Crippen LogP) is 2.82. The Balaban J connectivity index is 2.51. The highest BCUT2D eigenvalue weighted by atomic mass is 32.2. The molecule has 1 aliphatic heterocycles. The van der Waals surface area contributed by atoms with Crippen LogP contribution in [0.1, 0.15) is 11.1 Å². The van der Waals surface area contributed by atoms with Crippen LogP contribution >= 0.6 is 11.8 Å². The van der Waals surface area contributed by atoms with Crippen LogP contribution in [0.25, 0.3) is 5.57 Å². The first-order valence-corrected chi connectivity index (χ1v) is 8.62. The quantitative estimate of drug-likeness (QED) is 0.632. The summed E-state index contributed by atoms with van der Waals surface area (Å²) in [5, 5.41) is 15.1. The summed E-state index contributed by atoms with van der Waals surface area (Å²) in [5.74, 6) is 0. The van der Waals surface area contributed by atoms with Crippen LogP contribution in [0.2, 0.25) is 0 Å². The summed E-state index contributed by atoms with van der Waals surface area (Å²) in [6.45, 7) is 1.91. The summed E-state index contributed by atoms with van der Waals surface area (Å²) in [7, 11) is -3.67. The maximum atomic E-state index is 11.0. The molecular weight excluding hydrogens is 308 g/mol. The molecule has 1 aromatic carbocycles. The van der Waals surface area contributed by atoms with Crippen LogP contribution < -0.4 is 0 Å². The average Bonchev–Trinajstić information content (AvgIpc) is 2.87. The molecule has 0 amide bonds. The zero-order valence-corrected chi connectivity index (χ0v) is 13.0. The number of hydrogen-bond acceptors (Lipinski definition) is 6. The summed E-state index contributed by atoms with van der Waals surface area (Å²) >= 11 is 1.21. The van der Waals surface area contributed by atoms with Crippen LogP contribution in [0, 0.1) is 18.3 Å². The third-order valence-electron chi connectivity index (χ3n) is 2.70. The van der Waals surface area contributed by atoms with Crippen LogP contribution in [-0.2, 0) is 14.4 Å². The highest BCUT2D eigenvalue weighted by Gasteiger charge is 2.19. The Labute approximate surface area is 127 Å². The Morgan fingerprint density at radius 2 is 2.10 bits per heavy atom. The molecule has 0 spiro atoms. The fraction of sp³-hybridized carbons (Fsp3) is 0.143. The Bertz CT molecular complexity index is 800. The molecule has 0 saturated carbocycles. The van der Waals surface area contributed by atoms with E-state index in [2.05, 4.69) is 15.5 Å². The Morgan fingerprint density at radius 3 is 2.71 bits per heavy atom. The number of benzene rings is 1. The van der Waals surface area contributed by atoms with Crippen molar-refractivity contribution in [3.05, 3.63) is 52.4 Å². The highest BCUT2D eigenvalue weighted by Crippen LogP contribution is 2.31. The fourth-order valence-electron chi connectivity index (χ4n) is 1.78. The van der Waals surface area contributed by atoms with Crippen LogP contribution in [0.4, 0.5) is 0 Å². The first-order chi connectivity index (χ1) is 9.92. The van der Waals surface area contributed by atoms with E-state index in [-0.39, 0.29) is 0 Å². The van der Waals surface area contributed by atoms with Crippen molar-refractivity contribution in [1.29, 1.82) is 5.26 Å². The van der Waals surface area contributed by atoms with Gasteiger partial charge in [-0.05, 0) is 29.5 Å². The lowest BCUT2D eigenvalue weighted by Crippen LogP contribution is -2.02. The van der Waals surface area contributed by atoms with Crippen molar-refractivity contribution in [1.82, 2.24) is 0 Å². The summed E-state index contributed by atoms with van der Waals surface area (Å²) < 4.78 is 26.5. The van der Waals surface area contributed by atoms with Gasteiger partial charge in [-0.3, -0.25) is 4.28 Å². The van der Waals surface area contributed by atoms with E-state index in [1.165, 1.54) is 11.8 Å². The van der Waals surface area contributed by atoms with E-state index in [0.717, 1.165) is 17.4 Å². The lowest BCUT2D eigenvalue weighted by atomic mass is 9.97. The third kappa shape index (κ3) is 3.74. The molecular formula is C14H12N2O3S2. The van der Waals surface area contributed by atoms with E-state index >= 15 is 0 Å². The van der Waals surface area contributed by atoms with E-state index in [1.54, 1.807) is 11.5 Å². The van der Waals surface area contributed by atoms with Crippen molar-refractivity contribution in [3.63, 3.8) is 0 Å². The van der Waals surface area contributed by atoms with Crippen molar-refractivity contribution in [2.75, 3.05) is 6.26 Å². The predicted molar refractivity (Wildman–Crippen MR) is 83.8 cm³/mol. The fourth-order valence-corrected chi connectivity index (χ4v) is 2.75. The minimum atomic E-state index is -3.67. The molecule has 1 aromatic rings. The second kappa shape index (κ2) is 6.16. The third-order valence-corrected chi connectivity index (χ3v) is 3.83. The molecule has 0 N–H and O–H groups in total. The zero-order chi connectivity index (χ0) is 15.5. The van der Waals surface area contributed by atoms with Gasteiger partial charge in [-0.25, -0.2) is 0 Å². The molecule has 2 rings (SSSR count). The first kappa shape index (κ1) is 15.4. The van der Waals surface area contributed by atoms with Gasteiger partial charge in [0.1, 0.15) is 11.1 Å². The molecule has 5 nitrogen and oxygen atoms in total. The van der Waals surface area contributed by atoms with Gasteiger partial charge in [-0.1, -0.05) is 41.2 Å². The number of rotatable bonds is 3. The first-order valence-electron chi connectivity index (χ1n) is 5.93. The summed E-state index contributed by atoms with van der Waals surface area (Å²) in [6, 6.07) is 9.63. The molecule has 1 heterocycles. The van der Waals surface area contributed by atoms with Gasteiger partial charge in [0, 0.05) is 5.57 Å². The SMILES string of the molecule is Cc1ccccc1C(C#N)=C1C=CSC1=NOS(C)(=O)=O. The van der Waals surface area contributed by atoms with Crippen molar-refractivity contribution in [2.45, 2.75) is 6.92 Å². The molecule has 0 radical (unpaired) electrons. The van der Waals surface area contributed by atoms with Gasteiger partial charge in [-0.15, -0.1) is 0 Å². The second-order valence-electron chi connectivity index (χ2n) is 4.31. The van der Waals surface area contributed by atoms with Gasteiger partial charge in [0.2, 0.25) is 0 Å². The minimum Gasteiger partial charge on any atom is -0.268 e. The number of hydrogen-bond donors (Lipinski definition) is 0. The summed E-state index contributed by atoms with van der Waals surface area (Å²) in [4.78, 5) is 0. The van der Waals surface area contributed by atoms with E-state index in [1.807, 2.05) is 31.2 Å². The van der Waals surface area contributed by atoms with Crippen molar-refractivity contribution in [2.24, 2.45) is 5.16 Å². The van der Waals surface area contributed by atoms with Crippen molar-refractivity contribution >= 4 is 32.5 Å². The maximum Gasteiger partial charge on any atom is 0.325 e. The van der Waals surface area contributed by atoms with Gasteiger partial charge < -0.3 is 0 Å². The summed E-state index contributed by atoms with van der Waals surface area (Å²) in [5.41, 5.74) is 2.73. The van der Waals surface area contributed by atoms with Crippen molar-refractivity contribution < 1.29 is 12.7 Å². The normalized spacial score (nSPS) is 18.6. The molecule has 0 unspecified atom stereocenters. The van der Waals surface area contributed by atoms with Crippen LogP contribution in [0.15, 0.2) is 46.5 Å². The molecule has 108 valence electrons. The molecule has 0 saturated heterocycles. The monoisotopic (exact) mass is 320 g/mol. The Hall–Kier alpha value is -2.04. The van der Waals surface area contributed by atoms with Gasteiger partial charge in [0.15, 0.2) is 0 Å². The average molecular weight is 320 g/mol. The largest absolute Gasteiger partial charge is 0.325 e. The van der Waals surface area contributed by atoms with E-state index < -0.39 is 10.1 Å². The number of nitrogens with zero attached hydrogens (tertiary/aromatic N) is 2. The van der Waals surface area contributed by atoms with Crippen molar-refractivity contribution in [3.8, 4) is 6.07 Å². The van der Waals surface area contributed by atoms with Crippen LogP contribution in [-0.4, -0.2) is 19.7 Å². The standard InChI is InChI=1S/C14H12N2O3S2/c1-10-5-3-4-6-11(10)13(9-15)12-7-8-20-14(12)16-19-21(2,17)18/h3-8H,1-2H3. The smallest absolute Gasteiger partial charge is 0.268 e. The maximum absolute atomic E-state index is 11.0. The molecule has 1 aliphatic rings. The molecule has 0 bridgehead atoms. The second-order valence-corrected chi connectivity index (χ2v) is 6.76. The minimum absolute atomic E-state index is 0.347. The molecule has 7 heteroatoms. The number of oxime groups is 1. The molecule has 0 aliphatic carbocycles. The number of allylic oxidation sites excluding steroid dienone is 2. The van der Waals surface area contributed by atoms with Crippen LogP contribution in [0.5, 0.6) is 0 Å². The molecule has 0 aromatic heterocycles. The number of nitriles is 1. The lowest BCUT2D eigenvalue weighted by Gasteiger charge is -2.07. The highest BCUT2D eigenvalue weighted by molar-refractivity contribution is 8.17. The molecule has 0 fully saturated rings. The molecule has 21 heavy (non-hydrogen) atoms. The van der Waals surface area contributed by atoms with Gasteiger partial charge in [0.05, 0.1) is 11.8 Å². The zero-order valence-electron chi connectivity index (χ0n) is 11.4. The van der Waals surface area contributed by atoms with Gasteiger partial charge >= 0.3 is 10.1 Å².